The zero-order chi connectivity index (χ0) is 7.56. The molecule has 0 amide bonds. The Labute approximate surface area is 68.9 Å². The molecule has 2 nitrogen and oxygen atoms in total. The predicted octanol–water partition coefficient (Wildman–Crippen LogP) is 1.90. The molecule has 0 unspecified atom stereocenters. The van der Waals surface area contributed by atoms with Crippen LogP contribution in [0.2, 0.25) is 5.15 Å². The van der Waals surface area contributed by atoms with Crippen LogP contribution in [0, 0.1) is 11.3 Å². The summed E-state index contributed by atoms with van der Waals surface area (Å²) in [5, 5.41) is 8.77. The normalized spacial score (nSPS) is 8.90. The van der Waals surface area contributed by atoms with Gasteiger partial charge in [-0.3, -0.25) is 0 Å². The third-order valence-electron chi connectivity index (χ3n) is 0.970. The maximum atomic E-state index is 8.46. The molecule has 0 aliphatic rings. The summed E-state index contributed by atoms with van der Waals surface area (Å²) >= 11 is 9.48. The molecule has 10 heavy (non-hydrogen) atoms. The van der Waals surface area contributed by atoms with E-state index in [0.29, 0.717) is 15.6 Å². The third-order valence-corrected chi connectivity index (χ3v) is 1.53. The van der Waals surface area contributed by atoms with Gasteiger partial charge in [0, 0.05) is 11.1 Å². The summed E-state index contributed by atoms with van der Waals surface area (Å²) in [6.07, 6.45) is 1.45. The largest absolute Gasteiger partial charge is 0.243 e. The smallest absolute Gasteiger partial charge is 0.130 e. The molecular formula is C6H3ClN2S. The summed E-state index contributed by atoms with van der Waals surface area (Å²) in [6, 6.07) is 3.41. The van der Waals surface area contributed by atoms with Crippen LogP contribution in [0.3, 0.4) is 0 Å². The van der Waals surface area contributed by atoms with Crippen LogP contribution >= 0.6 is 24.2 Å². The number of nitriles is 1. The van der Waals surface area contributed by atoms with Crippen molar-refractivity contribution in [2.24, 2.45) is 0 Å². The molecule has 50 valence electrons. The van der Waals surface area contributed by atoms with Crippen LogP contribution < -0.4 is 0 Å². The van der Waals surface area contributed by atoms with Crippen LogP contribution in [0.5, 0.6) is 0 Å². The predicted molar refractivity (Wildman–Crippen MR) is 41.2 cm³/mol. The first-order valence-electron chi connectivity index (χ1n) is 2.48. The quantitative estimate of drug-likeness (QED) is 0.477. The van der Waals surface area contributed by atoms with Gasteiger partial charge in [0.25, 0.3) is 0 Å². The van der Waals surface area contributed by atoms with E-state index in [1.807, 2.05) is 6.07 Å². The Morgan fingerprint density at radius 1 is 1.70 bits per heavy atom. The number of nitrogens with zero attached hydrogens (tertiary/aromatic N) is 2. The number of aromatic nitrogens is 1. The molecule has 0 N–H and O–H groups in total. The second-order valence-electron chi connectivity index (χ2n) is 1.64. The highest BCUT2D eigenvalue weighted by molar-refractivity contribution is 7.80. The number of hydrogen-bond donors (Lipinski definition) is 1. The lowest BCUT2D eigenvalue weighted by Gasteiger charge is -1.92. The summed E-state index contributed by atoms with van der Waals surface area (Å²) in [6.45, 7) is 0. The van der Waals surface area contributed by atoms with E-state index in [9.17, 15) is 0 Å². The van der Waals surface area contributed by atoms with Crippen LogP contribution in [0.4, 0.5) is 0 Å². The second-order valence-corrected chi connectivity index (χ2v) is 2.51. The Morgan fingerprint density at radius 2 is 2.40 bits per heavy atom. The van der Waals surface area contributed by atoms with Crippen LogP contribution in [-0.2, 0) is 0 Å². The van der Waals surface area contributed by atoms with Gasteiger partial charge in [-0.1, -0.05) is 11.6 Å². The summed E-state index contributed by atoms with van der Waals surface area (Å²) in [5.74, 6) is 0. The van der Waals surface area contributed by atoms with Gasteiger partial charge in [0.1, 0.15) is 11.2 Å². The van der Waals surface area contributed by atoms with Crippen molar-refractivity contribution in [3.05, 3.63) is 23.0 Å². The molecular weight excluding hydrogens is 168 g/mol. The number of pyridine rings is 1. The van der Waals surface area contributed by atoms with Gasteiger partial charge in [0.2, 0.25) is 0 Å². The average Bonchev–Trinajstić information content (AvgIpc) is 1.94. The highest BCUT2D eigenvalue weighted by Gasteiger charge is 1.97. The highest BCUT2D eigenvalue weighted by Crippen LogP contribution is 2.14. The van der Waals surface area contributed by atoms with Crippen LogP contribution in [-0.4, -0.2) is 4.98 Å². The molecule has 0 bridgehead atoms. The topological polar surface area (TPSA) is 36.7 Å². The molecule has 0 spiro atoms. The van der Waals surface area contributed by atoms with Crippen LogP contribution in [0.25, 0.3) is 0 Å². The first-order valence-corrected chi connectivity index (χ1v) is 3.31. The minimum Gasteiger partial charge on any atom is -0.243 e. The fourth-order valence-electron chi connectivity index (χ4n) is 0.512. The lowest BCUT2D eigenvalue weighted by atomic mass is 10.3. The zero-order valence-corrected chi connectivity index (χ0v) is 6.52. The Morgan fingerprint density at radius 3 is 2.90 bits per heavy atom. The molecule has 0 aromatic carbocycles. The van der Waals surface area contributed by atoms with Crippen molar-refractivity contribution >= 4 is 24.2 Å². The molecule has 0 aliphatic heterocycles. The second kappa shape index (κ2) is 2.91. The maximum Gasteiger partial charge on any atom is 0.130 e. The molecule has 0 saturated carbocycles. The van der Waals surface area contributed by atoms with Crippen molar-refractivity contribution in [3.63, 3.8) is 0 Å². The molecule has 0 fully saturated rings. The fraction of sp³-hybridized carbons (Fsp3) is 0. The fourth-order valence-corrected chi connectivity index (χ4v) is 0.842. The average molecular weight is 171 g/mol. The molecule has 1 aromatic heterocycles. The van der Waals surface area contributed by atoms with Crippen molar-refractivity contribution in [2.75, 3.05) is 0 Å². The van der Waals surface area contributed by atoms with Crippen molar-refractivity contribution in [1.29, 1.82) is 5.26 Å². The van der Waals surface area contributed by atoms with E-state index in [1.165, 1.54) is 12.3 Å². The van der Waals surface area contributed by atoms with E-state index in [2.05, 4.69) is 17.6 Å². The van der Waals surface area contributed by atoms with E-state index in [4.69, 9.17) is 16.9 Å². The lowest BCUT2D eigenvalue weighted by molar-refractivity contribution is 1.22. The molecule has 1 heterocycles. The van der Waals surface area contributed by atoms with Gasteiger partial charge in [0.15, 0.2) is 0 Å². The number of rotatable bonds is 0. The Bertz CT molecular complexity index is 292. The first-order chi connectivity index (χ1) is 4.74. The van der Waals surface area contributed by atoms with Gasteiger partial charge in [-0.2, -0.15) is 5.26 Å². The van der Waals surface area contributed by atoms with Gasteiger partial charge in [-0.15, -0.1) is 12.6 Å². The van der Waals surface area contributed by atoms with E-state index >= 15 is 0 Å². The van der Waals surface area contributed by atoms with Crippen molar-refractivity contribution in [3.8, 4) is 6.07 Å². The maximum absolute atomic E-state index is 8.46. The molecule has 1 aromatic rings. The number of thiol groups is 1. The highest BCUT2D eigenvalue weighted by atomic mass is 35.5. The van der Waals surface area contributed by atoms with Gasteiger partial charge in [-0.25, -0.2) is 4.98 Å². The Kier molecular flexibility index (Phi) is 2.15. The van der Waals surface area contributed by atoms with Gasteiger partial charge < -0.3 is 0 Å². The first kappa shape index (κ1) is 7.39. The summed E-state index contributed by atoms with van der Waals surface area (Å²) in [5.41, 5.74) is 0.448. The summed E-state index contributed by atoms with van der Waals surface area (Å²) in [4.78, 5) is 4.27. The van der Waals surface area contributed by atoms with Gasteiger partial charge >= 0.3 is 0 Å². The molecule has 0 saturated heterocycles. The SMILES string of the molecule is N#Cc1cc(Cl)ncc1S. The molecule has 1 rings (SSSR count). The molecule has 0 atom stereocenters. The van der Waals surface area contributed by atoms with E-state index < -0.39 is 0 Å². The van der Waals surface area contributed by atoms with Gasteiger partial charge in [-0.05, 0) is 6.07 Å². The zero-order valence-electron chi connectivity index (χ0n) is 4.87. The van der Waals surface area contributed by atoms with Crippen molar-refractivity contribution in [1.82, 2.24) is 4.98 Å². The standard InChI is InChI=1S/C6H3ClN2S/c7-6-1-4(2-8)5(10)3-9-6/h1,3,10H. The molecule has 0 aliphatic carbocycles. The van der Waals surface area contributed by atoms with Crippen LogP contribution in [0.1, 0.15) is 5.56 Å². The van der Waals surface area contributed by atoms with Crippen molar-refractivity contribution in [2.45, 2.75) is 4.90 Å². The van der Waals surface area contributed by atoms with Crippen molar-refractivity contribution < 1.29 is 0 Å². The van der Waals surface area contributed by atoms with E-state index in [-0.39, 0.29) is 0 Å². The summed E-state index contributed by atoms with van der Waals surface area (Å²) < 4.78 is 0. The van der Waals surface area contributed by atoms with Crippen LogP contribution in [0.15, 0.2) is 17.2 Å². The minimum absolute atomic E-state index is 0.314. The lowest BCUT2D eigenvalue weighted by Crippen LogP contribution is -1.80. The Balaban J connectivity index is 3.25. The molecule has 4 heteroatoms. The minimum atomic E-state index is 0.314. The molecule has 0 radical (unpaired) electrons. The monoisotopic (exact) mass is 170 g/mol. The Hall–Kier alpha value is -0.720. The number of halogens is 1. The van der Waals surface area contributed by atoms with Gasteiger partial charge in [0.05, 0.1) is 5.56 Å². The third kappa shape index (κ3) is 1.41. The van der Waals surface area contributed by atoms with E-state index in [0.717, 1.165) is 0 Å². The summed E-state index contributed by atoms with van der Waals surface area (Å²) in [7, 11) is 0. The number of hydrogen-bond acceptors (Lipinski definition) is 3. The van der Waals surface area contributed by atoms with E-state index in [1.54, 1.807) is 0 Å².